The molecule has 130 heavy (non-hydrogen) atoms. The number of amides is 6. The maximum absolute atomic E-state index is 13.5. The van der Waals surface area contributed by atoms with Gasteiger partial charge in [0, 0.05) is 401 Å². The number of ether oxygens (including phenoxy) is 2. The zero-order valence-electron chi connectivity index (χ0n) is 80.7. The minimum Gasteiger partial charge on any atom is -0.508 e. The number of carbonyl (C=O) groups is 6. The predicted octanol–water partition coefficient (Wildman–Crippen LogP) is 13.1. The number of phenols is 2. The van der Waals surface area contributed by atoms with Gasteiger partial charge in [0.1, 0.15) is 34.8 Å². The summed E-state index contributed by atoms with van der Waals surface area (Å²) >= 11 is 0. The Balaban J connectivity index is -0.000000131. The van der Waals surface area contributed by atoms with E-state index in [0.29, 0.717) is 50.4 Å². The van der Waals surface area contributed by atoms with Crippen LogP contribution in [0.1, 0.15) is 221 Å². The fourth-order valence-corrected chi connectivity index (χ4v) is 13.7. The van der Waals surface area contributed by atoms with Crippen LogP contribution in [0, 0.1) is 29.6 Å². The second kappa shape index (κ2) is 79.8. The van der Waals surface area contributed by atoms with Crippen molar-refractivity contribution in [3.05, 3.63) is 129 Å². The van der Waals surface area contributed by atoms with Gasteiger partial charge in [0.25, 0.3) is 0 Å². The molecule has 6 amide bonds. The normalized spacial score (nSPS) is 17.7. The number of nitrogens with one attached hydrogen (secondary N) is 5. The number of nitrogens with two attached hydrogens (primary N) is 2. The largest absolute Gasteiger partial charge is 0.508 e. The first-order chi connectivity index (χ1) is 53.4. The van der Waals surface area contributed by atoms with E-state index >= 15 is 0 Å². The molecule has 0 fully saturated rings. The second-order valence-electron chi connectivity index (χ2n) is 36.5. The third-order valence-corrected chi connectivity index (χ3v) is 22.2. The Labute approximate surface area is 963 Å². The average molecular weight is 2370 g/mol. The molecule has 2 aromatic carbocycles. The van der Waals surface area contributed by atoms with E-state index in [1.54, 1.807) is 49.9 Å². The van der Waals surface area contributed by atoms with Crippen LogP contribution in [0.5, 0.6) is 11.5 Å². The zero-order chi connectivity index (χ0) is 84.9. The van der Waals surface area contributed by atoms with Crippen molar-refractivity contribution in [3.63, 3.8) is 0 Å². The molecule has 15 radical (unpaired) electrons. The molecule has 0 saturated heterocycles. The van der Waals surface area contributed by atoms with Crippen LogP contribution in [0.25, 0.3) is 0 Å². The summed E-state index contributed by atoms with van der Waals surface area (Å²) in [6.45, 7) is 59.4. The molecule has 8 aliphatic heterocycles. The van der Waals surface area contributed by atoms with Gasteiger partial charge in [-0.1, -0.05) is 159 Å². The van der Waals surface area contributed by atoms with Gasteiger partial charge in [0.05, 0.1) is 18.6 Å². The maximum Gasteiger partial charge on any atom is 0.411 e. The number of alkyl carbamates (subject to hydrolysis) is 1. The zero-order valence-corrected chi connectivity index (χ0v) is 102. The van der Waals surface area contributed by atoms with E-state index in [1.807, 2.05) is 65.5 Å². The van der Waals surface area contributed by atoms with Crippen LogP contribution in [0.2, 0.25) is 0 Å². The summed E-state index contributed by atoms with van der Waals surface area (Å²) in [7, 11) is 0. The first-order valence-corrected chi connectivity index (χ1v) is 42.3. The first kappa shape index (κ1) is 157. The van der Waals surface area contributed by atoms with Crippen LogP contribution in [-0.2, 0) is 333 Å². The van der Waals surface area contributed by atoms with E-state index in [0.717, 1.165) is 120 Å². The van der Waals surface area contributed by atoms with Crippen molar-refractivity contribution in [2.24, 2.45) is 41.1 Å². The number of benzene rings is 2. The average Bonchev–Trinajstić information content (AvgIpc) is 0.785. The molecular formula is C92H155N13O10V15. The topological polar surface area (TPSA) is 293 Å². The molecule has 0 spiro atoms. The smallest absolute Gasteiger partial charge is 0.411 e. The number of fused-ring (bicyclic) bond motifs is 2. The summed E-state index contributed by atoms with van der Waals surface area (Å²) in [5.74, 6) is 1.84. The molecular weight excluding hydrogens is 2210 g/mol. The van der Waals surface area contributed by atoms with Crippen LogP contribution in [-0.4, -0.2) is 227 Å². The van der Waals surface area contributed by atoms with E-state index in [-0.39, 0.29) is 369 Å². The van der Waals surface area contributed by atoms with Crippen LogP contribution < -0.4 is 38.1 Å². The van der Waals surface area contributed by atoms with Crippen molar-refractivity contribution < 1.29 is 327 Å². The second-order valence-corrected chi connectivity index (χ2v) is 36.5. The van der Waals surface area contributed by atoms with E-state index < -0.39 is 35.5 Å². The number of carbonyl (C=O) groups excluding carboxylic acids is 6. The van der Waals surface area contributed by atoms with Gasteiger partial charge in [-0.15, -0.1) is 0 Å². The molecule has 10 rings (SSSR count). The molecule has 23 nitrogen and oxygen atoms in total. The summed E-state index contributed by atoms with van der Waals surface area (Å²) in [6.07, 6.45) is 19.7. The summed E-state index contributed by atoms with van der Waals surface area (Å²) in [4.78, 5) is 88.0. The molecule has 0 bridgehead atoms. The molecule has 0 aromatic heterocycles. The van der Waals surface area contributed by atoms with Crippen molar-refractivity contribution in [2.75, 3.05) is 98.2 Å². The van der Waals surface area contributed by atoms with E-state index in [2.05, 4.69) is 161 Å². The summed E-state index contributed by atoms with van der Waals surface area (Å²) in [5, 5.41) is 35.3. The molecule has 0 saturated carbocycles. The van der Waals surface area contributed by atoms with Gasteiger partial charge in [0.2, 0.25) is 23.6 Å². The monoisotopic (exact) mass is 2370 g/mol. The molecule has 0 aliphatic carbocycles. The van der Waals surface area contributed by atoms with Gasteiger partial charge in [-0.05, 0) is 211 Å². The summed E-state index contributed by atoms with van der Waals surface area (Å²) < 4.78 is 10.9. The molecule has 723 valence electrons. The number of hydrogen-bond donors (Lipinski definition) is 9. The molecule has 2 aromatic rings. The Morgan fingerprint density at radius 2 is 0.831 bits per heavy atom. The van der Waals surface area contributed by atoms with E-state index in [9.17, 15) is 39.0 Å². The Bertz CT molecular complexity index is 3680. The van der Waals surface area contributed by atoms with Gasteiger partial charge in [-0.2, -0.15) is 0 Å². The molecule has 8 heterocycles. The van der Waals surface area contributed by atoms with Crippen LogP contribution >= 0.6 is 0 Å². The molecule has 8 aliphatic rings. The third kappa shape index (κ3) is 60.1. The van der Waals surface area contributed by atoms with Gasteiger partial charge in [0.15, 0.2) is 0 Å². The Kier molecular flexibility index (Phi) is 96.2. The van der Waals surface area contributed by atoms with Crippen molar-refractivity contribution >= 4 is 35.8 Å². The van der Waals surface area contributed by atoms with Gasteiger partial charge in [-0.3, -0.25) is 38.8 Å². The SMILES string of the molecule is C.CC1=CCN(C(=O)[C@@H](N)C(C)C)CC1.CC1=CCN(C(=O)[C@@H](NC(=O)OC(C)(C)C)C(C)C)CC1.CC1=CCN(C[C@@H](N)C(C)C)CC1.CC1=CCN(C[C@@H](NC(=O)[C@H]2Cc3ccc(O)cc3CN2)C(C)C)CC1.CC1=CCN(C[C@@H](NC(=O)[C@H]2Cc3ccc(O)cc3CN2C(=O)OC(C)(C)C)C(C)C)CC1.CC1=CCNCC1.[V].[V].[V].[V].[V].[V].[V].[V].[V].[V].[V].[V].[V].[V].[V]. The fourth-order valence-electron chi connectivity index (χ4n) is 13.7. The number of phenolic OH excluding ortho intramolecular Hbond substituents is 2. The number of aromatic hydroxyl groups is 2. The first-order valence-electron chi connectivity index (χ1n) is 42.3. The molecule has 0 unspecified atom stereocenters. The van der Waals surface area contributed by atoms with Crippen molar-refractivity contribution in [3.8, 4) is 11.5 Å². The van der Waals surface area contributed by atoms with E-state index in [1.165, 1.54) is 64.3 Å². The Morgan fingerprint density at radius 1 is 0.446 bits per heavy atom. The van der Waals surface area contributed by atoms with Crippen molar-refractivity contribution in [1.82, 2.24) is 56.0 Å². The molecule has 7 atom stereocenters. The number of rotatable bonds is 18. The standard InChI is InChI=1S/C26H39N3O4.C21H31N3O2.C16H28N2O3.C11H20N2O.C11H22N2.C6H11N.CH4.15V/c1-17(2)22(16-28-11-9-18(3)10-12-28)27-24(31)23-14-19-7-8-21(30)13-20(19)15-29(23)25(32)33-26(4,5)6;1-14(2)20(13-24-8-6-15(3)7-9-24)23-21(26)19-11-16-4-5-18(25)10-17(16)12-22-19;1-11(2)13(17-15(20)21-16(4,5)6)14(19)18-9-7-12(3)8-10-18;1-8(2)10(12)11(14)13-6-4-9(3)5-7-13;1-9(2)11(12)8-13-6-4-10(3)5-7-13;1-6-2-4-7-5-3-6;;;;;;;;;;;;;;;;/h7-9,13,17,22-23,30H,10-12,14-16H2,1-6H3,(H,27,31);4-6,10,14,19-20,22,25H,7-9,11-13H2,1-3H3,(H,23,26);7,11,13H,8-10H2,1-6H3,(H,17,20);4,8,10H,5-7,12H2,1-3H3;4,9,11H,5-8,12H2,1-3H3;2,7H,3-5H2,1H3;1H4;;;;;;;;;;;;;;;/t22-,23-;19-,20-;13-;10-;11-;;;;;;;;;;;;;;;;;/m11001................./s1. The number of hydrogen-bond acceptors (Lipinski definition) is 17. The Morgan fingerprint density at radius 3 is 1.18 bits per heavy atom. The minimum atomic E-state index is -0.669. The van der Waals surface area contributed by atoms with Crippen LogP contribution in [0.4, 0.5) is 9.59 Å². The molecule has 38 heteroatoms. The van der Waals surface area contributed by atoms with Gasteiger partial charge >= 0.3 is 12.2 Å². The van der Waals surface area contributed by atoms with Gasteiger partial charge in [-0.25, -0.2) is 9.59 Å². The molecule has 11 N–H and O–H groups in total. The summed E-state index contributed by atoms with van der Waals surface area (Å²) in [5.41, 5.74) is 23.2. The van der Waals surface area contributed by atoms with Gasteiger partial charge < -0.3 is 67.5 Å². The van der Waals surface area contributed by atoms with Crippen molar-refractivity contribution in [1.29, 1.82) is 0 Å². The maximum atomic E-state index is 13.5. The third-order valence-electron chi connectivity index (χ3n) is 22.2. The summed E-state index contributed by atoms with van der Waals surface area (Å²) in [6, 6.07) is 9.19. The minimum absolute atomic E-state index is 0. The van der Waals surface area contributed by atoms with Crippen LogP contribution in [0.15, 0.2) is 106 Å². The van der Waals surface area contributed by atoms with Crippen molar-refractivity contribution in [2.45, 2.75) is 278 Å². The Hall–Kier alpha value is 1.39. The number of nitrogens with zero attached hydrogens (tertiary/aromatic N) is 6. The van der Waals surface area contributed by atoms with E-state index in [4.69, 9.17) is 20.9 Å². The quantitative estimate of drug-likeness (QED) is 0.0627. The fraction of sp³-hybridized carbons (Fsp3) is 0.674. The predicted molar refractivity (Wildman–Crippen MR) is 469 cm³/mol. The van der Waals surface area contributed by atoms with Crippen LogP contribution in [0.3, 0.4) is 0 Å².